The molecule has 2 aliphatic carbocycles. The fourth-order valence-electron chi connectivity index (χ4n) is 4.31. The van der Waals surface area contributed by atoms with Crippen molar-refractivity contribution in [3.8, 4) is 0 Å². The lowest BCUT2D eigenvalue weighted by atomic mass is 9.84. The summed E-state index contributed by atoms with van der Waals surface area (Å²) in [7, 11) is 0. The van der Waals surface area contributed by atoms with E-state index in [2.05, 4.69) is 0 Å². The highest BCUT2D eigenvalue weighted by molar-refractivity contribution is 5.49. The zero-order valence-corrected chi connectivity index (χ0v) is 15.5. The summed E-state index contributed by atoms with van der Waals surface area (Å²) in [6, 6.07) is 0. The lowest BCUT2D eigenvalue weighted by Gasteiger charge is -2.45. The summed E-state index contributed by atoms with van der Waals surface area (Å²) < 4.78 is 0. The van der Waals surface area contributed by atoms with E-state index in [1.165, 1.54) is 44.9 Å². The molecule has 0 radical (unpaired) electrons. The zero-order valence-electron chi connectivity index (χ0n) is 15.5. The van der Waals surface area contributed by atoms with E-state index in [0.717, 1.165) is 57.7 Å². The Balaban J connectivity index is 1.51. The van der Waals surface area contributed by atoms with Gasteiger partial charge >= 0.3 is 0 Å². The number of rotatable bonds is 2. The highest BCUT2D eigenvalue weighted by Crippen LogP contribution is 2.44. The minimum Gasteiger partial charge on any atom is -0.303 e. The summed E-state index contributed by atoms with van der Waals surface area (Å²) in [5.74, 6) is -1.06. The standard InChI is InChI=1S/C20H34O5/c21-17-12-18-10-15-20(16-11-18)24-22-19(23-25-20)13-8-6-4-2-1-3-5-7-9-14-19/h17-18H,1-16H2. The Bertz CT molecular complexity index is 379. The first-order valence-electron chi connectivity index (χ1n) is 10.4. The molecule has 0 N–H and O–H groups in total. The van der Waals surface area contributed by atoms with Crippen LogP contribution in [0.3, 0.4) is 0 Å². The maximum absolute atomic E-state index is 10.7. The van der Waals surface area contributed by atoms with Crippen LogP contribution in [0, 0.1) is 5.92 Å². The Labute approximate surface area is 151 Å². The van der Waals surface area contributed by atoms with Crippen molar-refractivity contribution in [2.24, 2.45) is 5.92 Å². The molecule has 2 spiro atoms. The molecule has 0 unspecified atom stereocenters. The zero-order chi connectivity index (χ0) is 17.4. The van der Waals surface area contributed by atoms with Crippen LogP contribution in [0.4, 0.5) is 0 Å². The topological polar surface area (TPSA) is 54.0 Å². The van der Waals surface area contributed by atoms with Gasteiger partial charge in [-0.25, -0.2) is 0 Å². The van der Waals surface area contributed by atoms with Gasteiger partial charge in [-0.3, -0.25) is 0 Å². The second-order valence-electron chi connectivity index (χ2n) is 8.18. The van der Waals surface area contributed by atoms with Crippen molar-refractivity contribution in [3.05, 3.63) is 0 Å². The molecule has 3 fully saturated rings. The summed E-state index contributed by atoms with van der Waals surface area (Å²) in [6.07, 6.45) is 17.8. The van der Waals surface area contributed by atoms with Crippen LogP contribution in [0.2, 0.25) is 0 Å². The van der Waals surface area contributed by atoms with Crippen molar-refractivity contribution in [1.29, 1.82) is 0 Å². The third-order valence-electron chi connectivity index (χ3n) is 6.10. The minimum atomic E-state index is -0.770. The highest BCUT2D eigenvalue weighted by atomic mass is 17.4. The molecule has 0 aromatic heterocycles. The largest absolute Gasteiger partial charge is 0.303 e. The molecule has 0 aromatic rings. The van der Waals surface area contributed by atoms with E-state index >= 15 is 0 Å². The normalized spacial score (nSPS) is 29.0. The molecule has 5 nitrogen and oxygen atoms in total. The molecule has 2 saturated carbocycles. The molecule has 1 saturated heterocycles. The van der Waals surface area contributed by atoms with Crippen LogP contribution in [-0.4, -0.2) is 17.9 Å². The first kappa shape index (κ1) is 19.3. The molecule has 0 bridgehead atoms. The van der Waals surface area contributed by atoms with Crippen LogP contribution in [0.25, 0.3) is 0 Å². The Hall–Kier alpha value is -0.490. The van der Waals surface area contributed by atoms with Gasteiger partial charge in [-0.1, -0.05) is 44.9 Å². The number of hydrogen-bond acceptors (Lipinski definition) is 5. The van der Waals surface area contributed by atoms with Crippen molar-refractivity contribution in [1.82, 2.24) is 0 Å². The first-order chi connectivity index (χ1) is 12.3. The van der Waals surface area contributed by atoms with Gasteiger partial charge in [-0.15, -0.1) is 0 Å². The van der Waals surface area contributed by atoms with E-state index in [1.54, 1.807) is 0 Å². The van der Waals surface area contributed by atoms with Crippen molar-refractivity contribution in [2.75, 3.05) is 0 Å². The van der Waals surface area contributed by atoms with Crippen molar-refractivity contribution < 1.29 is 24.3 Å². The molecule has 0 amide bonds. The van der Waals surface area contributed by atoms with Gasteiger partial charge in [0.2, 0.25) is 11.6 Å². The third kappa shape index (κ3) is 5.49. The summed E-state index contributed by atoms with van der Waals surface area (Å²) in [6.45, 7) is 0. The van der Waals surface area contributed by atoms with E-state index in [9.17, 15) is 4.79 Å². The van der Waals surface area contributed by atoms with E-state index < -0.39 is 11.6 Å². The molecule has 3 rings (SSSR count). The fraction of sp³-hybridized carbons (Fsp3) is 0.950. The number of carbonyl (C=O) groups excluding carboxylic acids is 1. The van der Waals surface area contributed by atoms with Crippen molar-refractivity contribution in [2.45, 2.75) is 114 Å². The maximum Gasteiger partial charge on any atom is 0.234 e. The van der Waals surface area contributed by atoms with Crippen LogP contribution < -0.4 is 0 Å². The average molecular weight is 354 g/mol. The molecular weight excluding hydrogens is 320 g/mol. The summed E-state index contributed by atoms with van der Waals surface area (Å²) in [4.78, 5) is 34.1. The Morgan fingerprint density at radius 1 is 0.640 bits per heavy atom. The average Bonchev–Trinajstić information content (AvgIpc) is 2.63. The number of aldehydes is 1. The fourth-order valence-corrected chi connectivity index (χ4v) is 4.31. The molecular formula is C20H34O5. The lowest BCUT2D eigenvalue weighted by molar-refractivity contribution is -0.662. The van der Waals surface area contributed by atoms with Gasteiger partial charge in [0, 0.05) is 32.1 Å². The van der Waals surface area contributed by atoms with E-state index in [-0.39, 0.29) is 0 Å². The highest BCUT2D eigenvalue weighted by Gasteiger charge is 2.49. The molecule has 144 valence electrons. The monoisotopic (exact) mass is 354 g/mol. The summed E-state index contributed by atoms with van der Waals surface area (Å²) in [5, 5.41) is 0. The molecule has 1 heterocycles. The number of carbonyl (C=O) groups is 1. The molecule has 25 heavy (non-hydrogen) atoms. The number of hydrogen-bond donors (Lipinski definition) is 0. The molecule has 1 aliphatic heterocycles. The first-order valence-corrected chi connectivity index (χ1v) is 10.4. The van der Waals surface area contributed by atoms with Crippen LogP contribution in [0.1, 0.15) is 103 Å². The molecule has 3 aliphatic rings. The van der Waals surface area contributed by atoms with Crippen molar-refractivity contribution in [3.63, 3.8) is 0 Å². The molecule has 0 aromatic carbocycles. The van der Waals surface area contributed by atoms with E-state index in [4.69, 9.17) is 19.6 Å². The Morgan fingerprint density at radius 2 is 1.04 bits per heavy atom. The Kier molecular flexibility index (Phi) is 7.28. The van der Waals surface area contributed by atoms with Gasteiger partial charge in [-0.2, -0.15) is 19.6 Å². The van der Waals surface area contributed by atoms with E-state index in [1.807, 2.05) is 0 Å². The maximum atomic E-state index is 10.7. The quantitative estimate of drug-likeness (QED) is 0.493. The SMILES string of the molecule is O=CCC1CCC2(CC1)OOC1(CCCCCCCCCCC1)OO2. The van der Waals surface area contributed by atoms with Crippen molar-refractivity contribution >= 4 is 6.29 Å². The van der Waals surface area contributed by atoms with Crippen LogP contribution in [-0.2, 0) is 24.3 Å². The predicted molar refractivity (Wildman–Crippen MR) is 93.2 cm³/mol. The van der Waals surface area contributed by atoms with Gasteiger partial charge in [0.1, 0.15) is 6.29 Å². The van der Waals surface area contributed by atoms with Gasteiger partial charge in [0.15, 0.2) is 0 Å². The second kappa shape index (κ2) is 9.45. The van der Waals surface area contributed by atoms with Gasteiger partial charge < -0.3 is 4.79 Å². The summed E-state index contributed by atoms with van der Waals surface area (Å²) >= 11 is 0. The predicted octanol–water partition coefficient (Wildman–Crippen LogP) is 5.37. The van der Waals surface area contributed by atoms with Gasteiger partial charge in [0.25, 0.3) is 0 Å². The molecule has 0 atom stereocenters. The van der Waals surface area contributed by atoms with Crippen LogP contribution >= 0.6 is 0 Å². The summed E-state index contributed by atoms with van der Waals surface area (Å²) in [5.41, 5.74) is 0. The van der Waals surface area contributed by atoms with Crippen LogP contribution in [0.15, 0.2) is 0 Å². The smallest absolute Gasteiger partial charge is 0.234 e. The lowest BCUT2D eigenvalue weighted by Crippen LogP contribution is -2.52. The third-order valence-corrected chi connectivity index (χ3v) is 6.10. The van der Waals surface area contributed by atoms with Crippen LogP contribution in [0.5, 0.6) is 0 Å². The van der Waals surface area contributed by atoms with E-state index in [0.29, 0.717) is 12.3 Å². The second-order valence-corrected chi connectivity index (χ2v) is 8.18. The minimum absolute atomic E-state index is 0.438. The Morgan fingerprint density at radius 3 is 1.48 bits per heavy atom. The van der Waals surface area contributed by atoms with Gasteiger partial charge in [-0.05, 0) is 31.6 Å². The molecule has 5 heteroatoms. The van der Waals surface area contributed by atoms with Gasteiger partial charge in [0.05, 0.1) is 0 Å².